The SMILES string of the molecule is CCCC(O)C(CC)n1cc(S(C)(=O)=O)cn1. The van der Waals surface area contributed by atoms with Gasteiger partial charge < -0.3 is 5.11 Å². The molecule has 1 N–H and O–H groups in total. The molecule has 1 aromatic rings. The Hall–Kier alpha value is -0.880. The summed E-state index contributed by atoms with van der Waals surface area (Å²) in [6.07, 6.45) is 5.77. The number of aromatic nitrogens is 2. The van der Waals surface area contributed by atoms with Crippen molar-refractivity contribution in [2.45, 2.75) is 50.2 Å². The van der Waals surface area contributed by atoms with Gasteiger partial charge in [-0.05, 0) is 12.8 Å². The van der Waals surface area contributed by atoms with Crippen LogP contribution in [0.4, 0.5) is 0 Å². The molecule has 1 aromatic heterocycles. The lowest BCUT2D eigenvalue weighted by Gasteiger charge is -2.21. The van der Waals surface area contributed by atoms with E-state index in [4.69, 9.17) is 0 Å². The van der Waals surface area contributed by atoms with Gasteiger partial charge in [0.05, 0.1) is 18.3 Å². The monoisotopic (exact) mass is 260 g/mol. The summed E-state index contributed by atoms with van der Waals surface area (Å²) < 4.78 is 24.2. The average molecular weight is 260 g/mol. The number of rotatable bonds is 6. The number of nitrogens with zero attached hydrogens (tertiary/aromatic N) is 2. The van der Waals surface area contributed by atoms with Gasteiger partial charge in [0.1, 0.15) is 4.90 Å². The van der Waals surface area contributed by atoms with E-state index < -0.39 is 15.9 Å². The topological polar surface area (TPSA) is 72.2 Å². The third-order valence-electron chi connectivity index (χ3n) is 2.79. The van der Waals surface area contributed by atoms with Gasteiger partial charge in [0.25, 0.3) is 0 Å². The minimum absolute atomic E-state index is 0.162. The largest absolute Gasteiger partial charge is 0.391 e. The Bertz CT molecular complexity index is 453. The second-order valence-electron chi connectivity index (χ2n) is 4.26. The summed E-state index contributed by atoms with van der Waals surface area (Å²) in [5, 5.41) is 14.0. The van der Waals surface area contributed by atoms with Crippen LogP contribution in [0.25, 0.3) is 0 Å². The number of sulfone groups is 1. The number of aliphatic hydroxyl groups excluding tert-OH is 1. The summed E-state index contributed by atoms with van der Waals surface area (Å²) in [4.78, 5) is 0.194. The Labute approximate surface area is 102 Å². The van der Waals surface area contributed by atoms with Gasteiger partial charge in [-0.1, -0.05) is 20.3 Å². The van der Waals surface area contributed by atoms with Gasteiger partial charge in [-0.25, -0.2) is 8.42 Å². The van der Waals surface area contributed by atoms with Gasteiger partial charge in [0.15, 0.2) is 9.84 Å². The Balaban J connectivity index is 2.94. The van der Waals surface area contributed by atoms with Crippen LogP contribution in [0.3, 0.4) is 0 Å². The Morgan fingerprint density at radius 3 is 2.53 bits per heavy atom. The van der Waals surface area contributed by atoms with Crippen LogP contribution >= 0.6 is 0 Å². The predicted molar refractivity (Wildman–Crippen MR) is 65.6 cm³/mol. The zero-order chi connectivity index (χ0) is 13.1. The normalized spacial score (nSPS) is 15.8. The fourth-order valence-corrected chi connectivity index (χ4v) is 2.36. The summed E-state index contributed by atoms with van der Waals surface area (Å²) in [5.41, 5.74) is 0. The second kappa shape index (κ2) is 5.64. The van der Waals surface area contributed by atoms with Crippen molar-refractivity contribution >= 4 is 9.84 Å². The first-order chi connectivity index (χ1) is 7.90. The summed E-state index contributed by atoms with van der Waals surface area (Å²) in [6, 6.07) is -0.162. The molecule has 0 aliphatic heterocycles. The summed E-state index contributed by atoms with van der Waals surface area (Å²) >= 11 is 0. The van der Waals surface area contributed by atoms with Crippen molar-refractivity contribution in [3.8, 4) is 0 Å². The third kappa shape index (κ3) is 3.54. The van der Waals surface area contributed by atoms with Crippen LogP contribution in [0.5, 0.6) is 0 Å². The van der Waals surface area contributed by atoms with Crippen molar-refractivity contribution < 1.29 is 13.5 Å². The molecule has 0 aliphatic carbocycles. The summed E-state index contributed by atoms with van der Waals surface area (Å²) in [7, 11) is -3.23. The third-order valence-corrected chi connectivity index (χ3v) is 3.86. The molecular weight excluding hydrogens is 240 g/mol. The molecule has 17 heavy (non-hydrogen) atoms. The summed E-state index contributed by atoms with van der Waals surface area (Å²) in [5.74, 6) is 0. The van der Waals surface area contributed by atoms with E-state index in [2.05, 4.69) is 5.10 Å². The van der Waals surface area contributed by atoms with E-state index in [-0.39, 0.29) is 10.9 Å². The highest BCUT2D eigenvalue weighted by Crippen LogP contribution is 2.20. The molecule has 0 saturated heterocycles. The molecule has 0 saturated carbocycles. The van der Waals surface area contributed by atoms with Gasteiger partial charge in [-0.3, -0.25) is 4.68 Å². The van der Waals surface area contributed by atoms with Crippen LogP contribution < -0.4 is 0 Å². The minimum Gasteiger partial charge on any atom is -0.391 e. The first-order valence-corrected chi connectivity index (χ1v) is 7.71. The molecule has 0 aliphatic rings. The van der Waals surface area contributed by atoms with Gasteiger partial charge in [-0.2, -0.15) is 5.10 Å². The van der Waals surface area contributed by atoms with Crippen LogP contribution in [0.1, 0.15) is 39.2 Å². The fraction of sp³-hybridized carbons (Fsp3) is 0.727. The molecule has 1 heterocycles. The number of hydrogen-bond donors (Lipinski definition) is 1. The quantitative estimate of drug-likeness (QED) is 0.839. The number of aliphatic hydroxyl groups is 1. The molecule has 0 fully saturated rings. The van der Waals surface area contributed by atoms with Crippen molar-refractivity contribution in [3.63, 3.8) is 0 Å². The van der Waals surface area contributed by atoms with Crippen molar-refractivity contribution in [2.75, 3.05) is 6.26 Å². The lowest BCUT2D eigenvalue weighted by Crippen LogP contribution is -2.24. The van der Waals surface area contributed by atoms with Crippen molar-refractivity contribution in [1.82, 2.24) is 9.78 Å². The molecule has 6 heteroatoms. The second-order valence-corrected chi connectivity index (χ2v) is 6.28. The minimum atomic E-state index is -3.23. The van der Waals surface area contributed by atoms with Crippen LogP contribution in [0.2, 0.25) is 0 Å². The predicted octanol–water partition coefficient (Wildman–Crippen LogP) is 1.40. The summed E-state index contributed by atoms with van der Waals surface area (Å²) in [6.45, 7) is 3.95. The Kier molecular flexibility index (Phi) is 4.70. The van der Waals surface area contributed by atoms with Crippen LogP contribution in [0, 0.1) is 0 Å². The average Bonchev–Trinajstić information content (AvgIpc) is 2.68. The molecular formula is C11H20N2O3S. The highest BCUT2D eigenvalue weighted by molar-refractivity contribution is 7.90. The molecule has 2 atom stereocenters. The maximum absolute atomic E-state index is 11.3. The smallest absolute Gasteiger partial charge is 0.178 e. The molecule has 0 amide bonds. The van der Waals surface area contributed by atoms with Gasteiger partial charge in [-0.15, -0.1) is 0 Å². The zero-order valence-electron chi connectivity index (χ0n) is 10.5. The highest BCUT2D eigenvalue weighted by atomic mass is 32.2. The van der Waals surface area contributed by atoms with E-state index >= 15 is 0 Å². The zero-order valence-corrected chi connectivity index (χ0v) is 11.3. The van der Waals surface area contributed by atoms with Crippen molar-refractivity contribution in [2.24, 2.45) is 0 Å². The van der Waals surface area contributed by atoms with E-state index in [9.17, 15) is 13.5 Å². The van der Waals surface area contributed by atoms with E-state index in [1.54, 1.807) is 4.68 Å². The lowest BCUT2D eigenvalue weighted by molar-refractivity contribution is 0.0940. The van der Waals surface area contributed by atoms with E-state index in [0.29, 0.717) is 12.8 Å². The molecule has 98 valence electrons. The number of hydrogen-bond acceptors (Lipinski definition) is 4. The van der Waals surface area contributed by atoms with Crippen LogP contribution in [-0.4, -0.2) is 35.7 Å². The van der Waals surface area contributed by atoms with Gasteiger partial charge >= 0.3 is 0 Å². The van der Waals surface area contributed by atoms with E-state index in [1.165, 1.54) is 12.4 Å². The molecule has 1 rings (SSSR count). The van der Waals surface area contributed by atoms with Crippen LogP contribution in [0.15, 0.2) is 17.3 Å². The Morgan fingerprint density at radius 1 is 1.47 bits per heavy atom. The maximum atomic E-state index is 11.3. The highest BCUT2D eigenvalue weighted by Gasteiger charge is 2.21. The van der Waals surface area contributed by atoms with Crippen molar-refractivity contribution in [3.05, 3.63) is 12.4 Å². The first kappa shape index (κ1) is 14.2. The molecule has 5 nitrogen and oxygen atoms in total. The maximum Gasteiger partial charge on any atom is 0.178 e. The van der Waals surface area contributed by atoms with Gasteiger partial charge in [0.2, 0.25) is 0 Å². The Morgan fingerprint density at radius 2 is 2.12 bits per heavy atom. The molecule has 0 bridgehead atoms. The first-order valence-electron chi connectivity index (χ1n) is 5.82. The van der Waals surface area contributed by atoms with Crippen LogP contribution in [-0.2, 0) is 9.84 Å². The van der Waals surface area contributed by atoms with E-state index in [0.717, 1.165) is 12.7 Å². The molecule has 2 unspecified atom stereocenters. The van der Waals surface area contributed by atoms with Crippen molar-refractivity contribution in [1.29, 1.82) is 0 Å². The lowest BCUT2D eigenvalue weighted by atomic mass is 10.0. The molecule has 0 radical (unpaired) electrons. The standard InChI is InChI=1S/C11H20N2O3S/c1-4-6-11(14)10(5-2)13-8-9(7-12-13)17(3,15)16/h7-8,10-11,14H,4-6H2,1-3H3. The molecule has 0 spiro atoms. The van der Waals surface area contributed by atoms with E-state index in [1.807, 2.05) is 13.8 Å². The fourth-order valence-electron chi connectivity index (χ4n) is 1.82. The van der Waals surface area contributed by atoms with Gasteiger partial charge in [0, 0.05) is 12.5 Å². The molecule has 0 aromatic carbocycles.